The number of anilines is 1. The Bertz CT molecular complexity index is 1270. The fraction of sp³-hybridized carbons (Fsp3) is 0.455. The zero-order valence-corrected chi connectivity index (χ0v) is 18.9. The quantitative estimate of drug-likeness (QED) is 0.570. The summed E-state index contributed by atoms with van der Waals surface area (Å²) < 4.78 is 42.0. The summed E-state index contributed by atoms with van der Waals surface area (Å²) in [6.07, 6.45) is 2.89. The number of rotatable bonds is 5. The molecule has 2 N–H and O–H groups in total. The van der Waals surface area contributed by atoms with Gasteiger partial charge in [-0.3, -0.25) is 10.1 Å². The smallest absolute Gasteiger partial charge is 0.395 e. The van der Waals surface area contributed by atoms with Crippen LogP contribution >= 0.6 is 0 Å². The van der Waals surface area contributed by atoms with E-state index in [2.05, 4.69) is 15.4 Å². The van der Waals surface area contributed by atoms with Crippen LogP contribution in [-0.4, -0.2) is 78.8 Å². The molecule has 2 aliphatic rings. The molecule has 1 saturated carbocycles. The second kappa shape index (κ2) is 8.26. The van der Waals surface area contributed by atoms with Crippen LogP contribution < -0.4 is 5.32 Å². The number of aliphatic hydroxyl groups is 1. The molecular weight excluding hydrogens is 467 g/mol. The van der Waals surface area contributed by atoms with Crippen LogP contribution in [0.3, 0.4) is 0 Å². The summed E-state index contributed by atoms with van der Waals surface area (Å²) >= 11 is 0. The summed E-state index contributed by atoms with van der Waals surface area (Å²) in [6, 6.07) is 1.03. The lowest BCUT2D eigenvalue weighted by molar-refractivity contribution is -0.137. The van der Waals surface area contributed by atoms with Gasteiger partial charge in [0.25, 0.3) is 5.91 Å². The molecule has 1 saturated heterocycles. The van der Waals surface area contributed by atoms with Crippen molar-refractivity contribution in [2.45, 2.75) is 31.6 Å². The van der Waals surface area contributed by atoms with E-state index in [0.717, 1.165) is 18.3 Å². The van der Waals surface area contributed by atoms with E-state index in [-0.39, 0.29) is 29.8 Å². The van der Waals surface area contributed by atoms with Crippen LogP contribution in [0.5, 0.6) is 0 Å². The Balaban J connectivity index is 1.16. The zero-order valence-electron chi connectivity index (χ0n) is 18.9. The maximum absolute atomic E-state index is 13.0. The molecule has 5 rings (SSSR count). The van der Waals surface area contributed by atoms with E-state index < -0.39 is 17.8 Å². The molecule has 0 atom stereocenters. The van der Waals surface area contributed by atoms with E-state index in [1.165, 1.54) is 11.1 Å². The van der Waals surface area contributed by atoms with Crippen molar-refractivity contribution >= 4 is 23.4 Å². The van der Waals surface area contributed by atoms with Crippen molar-refractivity contribution in [2.24, 2.45) is 5.41 Å². The van der Waals surface area contributed by atoms with Crippen molar-refractivity contribution in [3.63, 3.8) is 0 Å². The van der Waals surface area contributed by atoms with Crippen LogP contribution in [0.1, 0.15) is 28.8 Å². The molecule has 3 aromatic rings. The molecule has 2 fully saturated rings. The molecule has 13 heteroatoms. The number of nitrogens with one attached hydrogen (secondary N) is 1. The van der Waals surface area contributed by atoms with Gasteiger partial charge in [-0.1, -0.05) is 0 Å². The number of fused-ring (bicyclic) bond motifs is 1. The Morgan fingerprint density at radius 1 is 1.29 bits per heavy atom. The number of halogens is 3. The Morgan fingerprint density at radius 2 is 2.03 bits per heavy atom. The molecule has 1 spiro atoms. The van der Waals surface area contributed by atoms with Crippen LogP contribution in [0.15, 0.2) is 36.9 Å². The Labute approximate surface area is 197 Å². The molecule has 0 aromatic carbocycles. The number of carbonyl (C=O) groups excluding carboxylic acids is 2. The van der Waals surface area contributed by atoms with Gasteiger partial charge in [-0.25, -0.2) is 14.3 Å². The van der Waals surface area contributed by atoms with Crippen LogP contribution in [0.25, 0.3) is 5.65 Å². The summed E-state index contributed by atoms with van der Waals surface area (Å²) in [5, 5.41) is 15.9. The molecule has 0 bridgehead atoms. The molecule has 1 aliphatic carbocycles. The Kier molecular flexibility index (Phi) is 5.46. The highest BCUT2D eigenvalue weighted by molar-refractivity contribution is 6.00. The zero-order chi connectivity index (χ0) is 25.0. The van der Waals surface area contributed by atoms with Gasteiger partial charge in [-0.2, -0.15) is 18.3 Å². The molecule has 3 aromatic heterocycles. The number of likely N-dealkylation sites (tertiary alicyclic amines) is 1. The molecule has 35 heavy (non-hydrogen) atoms. The topological polar surface area (TPSA) is 108 Å². The van der Waals surface area contributed by atoms with Gasteiger partial charge in [0.05, 0.1) is 18.4 Å². The number of nitrogens with zero attached hydrogens (tertiary/aromatic N) is 6. The summed E-state index contributed by atoms with van der Waals surface area (Å²) in [7, 11) is 1.60. The SMILES string of the molecule is CN(C(=O)Nc1cc(C(F)(F)F)ccn1)C1CC2(C1)CN(C(=O)c1cnn3ccn(CCO)c13)C2. The third-order valence-corrected chi connectivity index (χ3v) is 6.87. The number of imidazole rings is 1. The lowest BCUT2D eigenvalue weighted by Gasteiger charge is -2.60. The van der Waals surface area contributed by atoms with E-state index in [1.807, 2.05) is 0 Å². The molecule has 1 aliphatic heterocycles. The lowest BCUT2D eigenvalue weighted by Crippen LogP contribution is -2.67. The van der Waals surface area contributed by atoms with Gasteiger partial charge in [0.15, 0.2) is 0 Å². The fourth-order valence-electron chi connectivity index (χ4n) is 4.99. The highest BCUT2D eigenvalue weighted by atomic mass is 19.4. The summed E-state index contributed by atoms with van der Waals surface area (Å²) in [6.45, 7) is 1.43. The average molecular weight is 491 g/mol. The monoisotopic (exact) mass is 491 g/mol. The first-order valence-electron chi connectivity index (χ1n) is 11.1. The van der Waals surface area contributed by atoms with Crippen LogP contribution in [0.4, 0.5) is 23.8 Å². The molecule has 186 valence electrons. The fourth-order valence-corrected chi connectivity index (χ4v) is 4.99. The van der Waals surface area contributed by atoms with Gasteiger partial charge in [-0.15, -0.1) is 0 Å². The van der Waals surface area contributed by atoms with E-state index in [1.54, 1.807) is 33.4 Å². The van der Waals surface area contributed by atoms with Gasteiger partial charge in [0.1, 0.15) is 17.0 Å². The number of alkyl halides is 3. The minimum Gasteiger partial charge on any atom is -0.395 e. The Morgan fingerprint density at radius 3 is 2.71 bits per heavy atom. The molecule has 3 amide bonds. The molecular formula is C22H24F3N7O3. The van der Waals surface area contributed by atoms with Crippen molar-refractivity contribution < 1.29 is 27.9 Å². The van der Waals surface area contributed by atoms with Crippen molar-refractivity contribution in [1.82, 2.24) is 29.0 Å². The molecule has 0 unspecified atom stereocenters. The number of amides is 3. The number of carbonyl (C=O) groups is 2. The van der Waals surface area contributed by atoms with E-state index >= 15 is 0 Å². The third-order valence-electron chi connectivity index (χ3n) is 6.87. The van der Waals surface area contributed by atoms with E-state index in [4.69, 9.17) is 0 Å². The standard InChI is InChI=1S/C22H24F3N7O3/c1-29(20(35)28-17-8-14(2-3-26-17)22(23,24)25)15-9-21(10-15)12-31(13-21)19(34)16-11-27-32-5-4-30(6-7-33)18(16)32/h2-5,8,11,15,33H,6-7,9-10,12-13H2,1H3,(H,26,28,35). The first-order valence-corrected chi connectivity index (χ1v) is 11.1. The first kappa shape index (κ1) is 23.1. The Hall–Kier alpha value is -3.61. The van der Waals surface area contributed by atoms with Gasteiger partial charge in [0, 0.05) is 56.7 Å². The number of hydrogen-bond acceptors (Lipinski definition) is 5. The van der Waals surface area contributed by atoms with Gasteiger partial charge in [0.2, 0.25) is 0 Å². The van der Waals surface area contributed by atoms with Gasteiger partial charge >= 0.3 is 12.2 Å². The van der Waals surface area contributed by atoms with Gasteiger partial charge in [-0.05, 0) is 25.0 Å². The number of hydrogen-bond donors (Lipinski definition) is 2. The van der Waals surface area contributed by atoms with E-state index in [9.17, 15) is 27.9 Å². The minimum absolute atomic E-state index is 0.0533. The van der Waals surface area contributed by atoms with Crippen LogP contribution in [-0.2, 0) is 12.7 Å². The lowest BCUT2D eigenvalue weighted by atomic mass is 9.60. The highest BCUT2D eigenvalue weighted by Crippen LogP contribution is 2.50. The second-order valence-electron chi connectivity index (χ2n) is 9.23. The second-order valence-corrected chi connectivity index (χ2v) is 9.23. The third kappa shape index (κ3) is 4.09. The maximum Gasteiger partial charge on any atom is 0.416 e. The van der Waals surface area contributed by atoms with Crippen molar-refractivity contribution in [3.8, 4) is 0 Å². The number of aliphatic hydroxyl groups excluding tert-OH is 1. The van der Waals surface area contributed by atoms with Crippen molar-refractivity contribution in [1.29, 1.82) is 0 Å². The summed E-state index contributed by atoms with van der Waals surface area (Å²) in [5.41, 5.74) is 0.157. The molecule has 10 nitrogen and oxygen atoms in total. The predicted molar refractivity (Wildman–Crippen MR) is 118 cm³/mol. The van der Waals surface area contributed by atoms with Crippen molar-refractivity contribution in [3.05, 3.63) is 48.0 Å². The van der Waals surface area contributed by atoms with Crippen LogP contribution in [0, 0.1) is 5.41 Å². The summed E-state index contributed by atoms with van der Waals surface area (Å²) in [5.74, 6) is -0.293. The average Bonchev–Trinajstić information content (AvgIpc) is 3.34. The van der Waals surface area contributed by atoms with E-state index in [0.29, 0.717) is 43.7 Å². The minimum atomic E-state index is -4.52. The van der Waals surface area contributed by atoms with Crippen LogP contribution in [0.2, 0.25) is 0 Å². The van der Waals surface area contributed by atoms with Crippen molar-refractivity contribution in [2.75, 3.05) is 32.1 Å². The normalized spacial score (nSPS) is 17.3. The number of aromatic nitrogens is 4. The first-order chi connectivity index (χ1) is 16.6. The molecule has 4 heterocycles. The van der Waals surface area contributed by atoms with Gasteiger partial charge < -0.3 is 19.5 Å². The summed E-state index contributed by atoms with van der Waals surface area (Å²) in [4.78, 5) is 32.6. The number of urea groups is 1. The predicted octanol–water partition coefficient (Wildman–Crippen LogP) is 2.31. The maximum atomic E-state index is 13.0. The molecule has 0 radical (unpaired) electrons. The number of pyridine rings is 1. The highest BCUT2D eigenvalue weighted by Gasteiger charge is 2.55. The largest absolute Gasteiger partial charge is 0.416 e.